The van der Waals surface area contributed by atoms with E-state index in [4.69, 9.17) is 18.0 Å². The predicted octanol–water partition coefficient (Wildman–Crippen LogP) is 1.32. The van der Waals surface area contributed by atoms with Crippen molar-refractivity contribution in [2.45, 2.75) is 32.7 Å². The van der Waals surface area contributed by atoms with E-state index in [1.165, 1.54) is 25.9 Å². The molecule has 1 aromatic rings. The fraction of sp³-hybridized carbons (Fsp3) is 0.615. The summed E-state index contributed by atoms with van der Waals surface area (Å²) in [6.45, 7) is 7.35. The molecule has 1 aliphatic heterocycles. The molecule has 5 nitrogen and oxygen atoms in total. The molecule has 1 fully saturated rings. The Balaban J connectivity index is 1.96. The quantitative estimate of drug-likeness (QED) is 0.792. The number of hydrogen-bond donors (Lipinski definition) is 2. The van der Waals surface area contributed by atoms with Crippen LogP contribution in [0.4, 0.5) is 5.95 Å². The van der Waals surface area contributed by atoms with Gasteiger partial charge in [0.1, 0.15) is 10.7 Å². The number of likely N-dealkylation sites (tertiary alicyclic amines) is 1. The van der Waals surface area contributed by atoms with Gasteiger partial charge in [-0.15, -0.1) is 0 Å². The van der Waals surface area contributed by atoms with Crippen molar-refractivity contribution in [2.75, 3.05) is 25.0 Å². The van der Waals surface area contributed by atoms with Crippen LogP contribution in [-0.4, -0.2) is 45.5 Å². The summed E-state index contributed by atoms with van der Waals surface area (Å²) in [4.78, 5) is 11.5. The van der Waals surface area contributed by atoms with Crippen LogP contribution in [0.25, 0.3) is 0 Å². The maximum absolute atomic E-state index is 5.61. The fourth-order valence-electron chi connectivity index (χ4n) is 2.32. The number of aryl methyl sites for hydroxylation is 1. The van der Waals surface area contributed by atoms with Gasteiger partial charge in [-0.25, -0.2) is 9.97 Å². The normalized spacial score (nSPS) is 17.4. The summed E-state index contributed by atoms with van der Waals surface area (Å²) in [6, 6.07) is 2.29. The third kappa shape index (κ3) is 3.84. The number of hydrogen-bond acceptors (Lipinski definition) is 5. The van der Waals surface area contributed by atoms with E-state index in [0.29, 0.717) is 22.7 Å². The molecule has 0 aliphatic carbocycles. The van der Waals surface area contributed by atoms with Gasteiger partial charge in [-0.3, -0.25) is 4.90 Å². The molecule has 1 aliphatic rings. The van der Waals surface area contributed by atoms with Crippen LogP contribution in [0, 0.1) is 6.92 Å². The van der Waals surface area contributed by atoms with Crippen molar-refractivity contribution < 1.29 is 0 Å². The molecule has 104 valence electrons. The lowest BCUT2D eigenvalue weighted by atomic mass is 10.3. The van der Waals surface area contributed by atoms with Crippen LogP contribution in [0.2, 0.25) is 0 Å². The van der Waals surface area contributed by atoms with E-state index in [-0.39, 0.29) is 0 Å². The second-order valence-electron chi connectivity index (χ2n) is 5.06. The molecular formula is C13H21N5S. The molecule has 3 N–H and O–H groups in total. The molecule has 1 unspecified atom stereocenters. The van der Waals surface area contributed by atoms with Crippen molar-refractivity contribution in [3.8, 4) is 0 Å². The Morgan fingerprint density at radius 3 is 2.79 bits per heavy atom. The summed E-state index contributed by atoms with van der Waals surface area (Å²) >= 11 is 4.96. The monoisotopic (exact) mass is 279 g/mol. The van der Waals surface area contributed by atoms with Crippen LogP contribution in [0.15, 0.2) is 6.07 Å². The summed E-state index contributed by atoms with van der Waals surface area (Å²) in [5.74, 6) is 0.605. The van der Waals surface area contributed by atoms with E-state index in [0.717, 1.165) is 12.2 Å². The van der Waals surface area contributed by atoms with Crippen molar-refractivity contribution in [1.82, 2.24) is 14.9 Å². The lowest BCUT2D eigenvalue weighted by Crippen LogP contribution is -2.36. The molecule has 6 heteroatoms. The zero-order chi connectivity index (χ0) is 13.8. The Labute approximate surface area is 119 Å². The van der Waals surface area contributed by atoms with Gasteiger partial charge in [0.2, 0.25) is 5.95 Å². The Morgan fingerprint density at radius 2 is 2.16 bits per heavy atom. The third-order valence-electron chi connectivity index (χ3n) is 3.43. The largest absolute Gasteiger partial charge is 0.388 e. The SMILES string of the molecule is Cc1cc(C(N)=S)nc(NCC(C)N2CCCC2)n1. The molecule has 0 saturated carbocycles. The lowest BCUT2D eigenvalue weighted by molar-refractivity contribution is 0.269. The highest BCUT2D eigenvalue weighted by Gasteiger charge is 2.17. The molecule has 1 aromatic heterocycles. The molecule has 0 amide bonds. The number of rotatable bonds is 5. The minimum absolute atomic E-state index is 0.307. The molecule has 0 radical (unpaired) electrons. The highest BCUT2D eigenvalue weighted by Crippen LogP contribution is 2.12. The number of nitrogens with zero attached hydrogens (tertiary/aromatic N) is 3. The lowest BCUT2D eigenvalue weighted by Gasteiger charge is -2.23. The van der Waals surface area contributed by atoms with E-state index in [9.17, 15) is 0 Å². The van der Waals surface area contributed by atoms with E-state index in [1.807, 2.05) is 6.92 Å². The molecule has 1 saturated heterocycles. The van der Waals surface area contributed by atoms with Gasteiger partial charge in [0.05, 0.1) is 0 Å². The average Bonchev–Trinajstić information content (AvgIpc) is 2.89. The van der Waals surface area contributed by atoms with Gasteiger partial charge < -0.3 is 11.1 Å². The standard InChI is InChI=1S/C13H21N5S/c1-9-7-11(12(14)19)17-13(16-9)15-8-10(2)18-5-3-4-6-18/h7,10H,3-6,8H2,1-2H3,(H2,14,19)(H,15,16,17). The molecule has 0 spiro atoms. The first kappa shape index (κ1) is 14.1. The molecular weight excluding hydrogens is 258 g/mol. The van der Waals surface area contributed by atoms with Gasteiger partial charge in [-0.2, -0.15) is 0 Å². The Kier molecular flexibility index (Phi) is 4.66. The number of nitrogens with two attached hydrogens (primary N) is 1. The van der Waals surface area contributed by atoms with E-state index in [1.54, 1.807) is 6.07 Å². The smallest absolute Gasteiger partial charge is 0.223 e. The summed E-state index contributed by atoms with van der Waals surface area (Å²) in [7, 11) is 0. The average molecular weight is 279 g/mol. The summed E-state index contributed by atoms with van der Waals surface area (Å²) in [5.41, 5.74) is 7.11. The van der Waals surface area contributed by atoms with Gasteiger partial charge >= 0.3 is 0 Å². The second-order valence-corrected chi connectivity index (χ2v) is 5.50. The van der Waals surface area contributed by atoms with Crippen LogP contribution < -0.4 is 11.1 Å². The molecule has 2 rings (SSSR count). The maximum atomic E-state index is 5.61. The third-order valence-corrected chi connectivity index (χ3v) is 3.64. The number of thiocarbonyl (C=S) groups is 1. The van der Waals surface area contributed by atoms with E-state index >= 15 is 0 Å². The van der Waals surface area contributed by atoms with Gasteiger partial charge in [0.25, 0.3) is 0 Å². The zero-order valence-corrected chi connectivity index (χ0v) is 12.3. The van der Waals surface area contributed by atoms with Crippen molar-refractivity contribution >= 4 is 23.2 Å². The van der Waals surface area contributed by atoms with Crippen LogP contribution >= 0.6 is 12.2 Å². The highest BCUT2D eigenvalue weighted by atomic mass is 32.1. The first-order valence-electron chi connectivity index (χ1n) is 6.69. The zero-order valence-electron chi connectivity index (χ0n) is 11.5. The first-order valence-corrected chi connectivity index (χ1v) is 7.10. The molecule has 0 aromatic carbocycles. The Morgan fingerprint density at radius 1 is 1.47 bits per heavy atom. The first-order chi connectivity index (χ1) is 9.06. The van der Waals surface area contributed by atoms with Gasteiger partial charge in [0.15, 0.2) is 0 Å². The van der Waals surface area contributed by atoms with E-state index in [2.05, 4.69) is 27.1 Å². The molecule has 0 bridgehead atoms. The maximum Gasteiger partial charge on any atom is 0.223 e. The number of anilines is 1. The molecule has 1 atom stereocenters. The summed E-state index contributed by atoms with van der Waals surface area (Å²) in [6.07, 6.45) is 2.60. The number of aromatic nitrogens is 2. The van der Waals surface area contributed by atoms with Crippen molar-refractivity contribution in [2.24, 2.45) is 5.73 Å². The van der Waals surface area contributed by atoms with Crippen LogP contribution in [0.1, 0.15) is 31.2 Å². The van der Waals surface area contributed by atoms with Crippen LogP contribution in [-0.2, 0) is 0 Å². The minimum atomic E-state index is 0.307. The van der Waals surface area contributed by atoms with Crippen LogP contribution in [0.3, 0.4) is 0 Å². The Bertz CT molecular complexity index is 456. The molecule has 19 heavy (non-hydrogen) atoms. The van der Waals surface area contributed by atoms with Gasteiger partial charge in [0, 0.05) is 18.3 Å². The van der Waals surface area contributed by atoms with Crippen molar-refractivity contribution in [3.63, 3.8) is 0 Å². The predicted molar refractivity (Wildman–Crippen MR) is 81.4 cm³/mol. The van der Waals surface area contributed by atoms with Crippen LogP contribution in [0.5, 0.6) is 0 Å². The van der Waals surface area contributed by atoms with E-state index < -0.39 is 0 Å². The minimum Gasteiger partial charge on any atom is -0.388 e. The fourth-order valence-corrected chi connectivity index (χ4v) is 2.43. The van der Waals surface area contributed by atoms with Crippen molar-refractivity contribution in [1.29, 1.82) is 0 Å². The summed E-state index contributed by atoms with van der Waals surface area (Å²) < 4.78 is 0. The Hall–Kier alpha value is -1.27. The number of nitrogens with one attached hydrogen (secondary N) is 1. The second kappa shape index (κ2) is 6.25. The van der Waals surface area contributed by atoms with Gasteiger partial charge in [-0.1, -0.05) is 12.2 Å². The topological polar surface area (TPSA) is 67.1 Å². The highest BCUT2D eigenvalue weighted by molar-refractivity contribution is 7.80. The molecule has 2 heterocycles. The summed E-state index contributed by atoms with van der Waals surface area (Å²) in [5, 5.41) is 3.28. The van der Waals surface area contributed by atoms with Crippen molar-refractivity contribution in [3.05, 3.63) is 17.5 Å². The van der Waals surface area contributed by atoms with Gasteiger partial charge in [-0.05, 0) is 45.8 Å².